The summed E-state index contributed by atoms with van der Waals surface area (Å²) in [6, 6.07) is -3.68. The van der Waals surface area contributed by atoms with Crippen molar-refractivity contribution in [2.75, 3.05) is 6.54 Å². The molecule has 0 unspecified atom stereocenters. The first-order chi connectivity index (χ1) is 23.4. The van der Waals surface area contributed by atoms with Crippen LogP contribution in [0.1, 0.15) is 115 Å². The van der Waals surface area contributed by atoms with Crippen molar-refractivity contribution in [1.29, 1.82) is 0 Å². The Balaban J connectivity index is 1.36. The fourth-order valence-corrected chi connectivity index (χ4v) is 7.87. The lowest BCUT2D eigenvalue weighted by Crippen LogP contribution is -2.62. The Hall–Kier alpha value is -3.90. The van der Waals surface area contributed by atoms with Gasteiger partial charge in [-0.1, -0.05) is 59.8 Å². The first-order valence-electron chi connectivity index (χ1n) is 18.2. The quantitative estimate of drug-likeness (QED) is 0.230. The van der Waals surface area contributed by atoms with Crippen molar-refractivity contribution in [3.8, 4) is 0 Å². The highest BCUT2D eigenvalue weighted by molar-refractivity contribution is 6.38. The maximum Gasteiger partial charge on any atom is 0.289 e. The molecule has 2 heterocycles. The second-order valence-corrected chi connectivity index (χ2v) is 15.5. The number of carbonyl (C=O) groups excluding carboxylic acids is 6. The second-order valence-electron chi connectivity index (χ2n) is 15.5. The SMILES string of the molecule is CCC[C@H](NC(=O)[C@@H]1[C@@H]2CCC[C@H]2CN1C(=O)[C@H](NC(=O)[C@H](NC(=O)c1cnccn1)C1CCCCC1)C(C)(C)C)C(=O)C(=O)NC1CC1. The van der Waals surface area contributed by atoms with Gasteiger partial charge in [0.2, 0.25) is 23.5 Å². The van der Waals surface area contributed by atoms with Crippen LogP contribution < -0.4 is 21.3 Å². The van der Waals surface area contributed by atoms with Gasteiger partial charge in [0.15, 0.2) is 0 Å². The molecule has 3 aliphatic carbocycles. The van der Waals surface area contributed by atoms with Crippen LogP contribution in [0.3, 0.4) is 0 Å². The maximum atomic E-state index is 14.6. The number of amides is 5. The third-order valence-corrected chi connectivity index (χ3v) is 10.7. The van der Waals surface area contributed by atoms with E-state index in [1.54, 1.807) is 4.90 Å². The topological polar surface area (TPSA) is 180 Å². The van der Waals surface area contributed by atoms with Crippen molar-refractivity contribution in [2.24, 2.45) is 23.2 Å². The van der Waals surface area contributed by atoms with Crippen LogP contribution in [0, 0.1) is 23.2 Å². The first-order valence-corrected chi connectivity index (χ1v) is 18.2. The molecule has 4 fully saturated rings. The van der Waals surface area contributed by atoms with Crippen molar-refractivity contribution < 1.29 is 28.8 Å². The summed E-state index contributed by atoms with van der Waals surface area (Å²) in [5, 5.41) is 11.5. The number of aromatic nitrogens is 2. The van der Waals surface area contributed by atoms with E-state index in [0.29, 0.717) is 19.4 Å². The van der Waals surface area contributed by atoms with Gasteiger partial charge in [-0.15, -0.1) is 0 Å². The van der Waals surface area contributed by atoms with Gasteiger partial charge < -0.3 is 26.2 Å². The maximum absolute atomic E-state index is 14.6. The Morgan fingerprint density at radius 2 is 1.63 bits per heavy atom. The number of ketones is 1. The molecule has 5 rings (SSSR count). The van der Waals surface area contributed by atoms with Crippen molar-refractivity contribution in [1.82, 2.24) is 36.1 Å². The monoisotopic (exact) mass is 679 g/mol. The molecule has 0 bridgehead atoms. The molecular formula is C36H53N7O6. The van der Waals surface area contributed by atoms with Crippen LogP contribution in [-0.2, 0) is 24.0 Å². The predicted molar refractivity (Wildman–Crippen MR) is 181 cm³/mol. The van der Waals surface area contributed by atoms with Gasteiger partial charge in [-0.25, -0.2) is 4.98 Å². The molecule has 13 heteroatoms. The Morgan fingerprint density at radius 1 is 0.898 bits per heavy atom. The van der Waals surface area contributed by atoms with Crippen LogP contribution in [0.15, 0.2) is 18.6 Å². The van der Waals surface area contributed by atoms with Crippen LogP contribution in [0.5, 0.6) is 0 Å². The van der Waals surface area contributed by atoms with Gasteiger partial charge in [-0.05, 0) is 68.1 Å². The minimum Gasteiger partial charge on any atom is -0.347 e. The Morgan fingerprint density at radius 3 is 2.27 bits per heavy atom. The van der Waals surface area contributed by atoms with Crippen LogP contribution in [0.4, 0.5) is 0 Å². The van der Waals surface area contributed by atoms with E-state index in [1.807, 2.05) is 27.7 Å². The first kappa shape index (κ1) is 36.4. The summed E-state index contributed by atoms with van der Waals surface area (Å²) >= 11 is 0. The molecule has 3 saturated carbocycles. The molecule has 13 nitrogen and oxygen atoms in total. The molecule has 268 valence electrons. The van der Waals surface area contributed by atoms with Crippen molar-refractivity contribution in [2.45, 2.75) is 135 Å². The van der Waals surface area contributed by atoms with Gasteiger partial charge in [-0.3, -0.25) is 33.8 Å². The number of fused-ring (bicyclic) bond motifs is 1. The van der Waals surface area contributed by atoms with E-state index < -0.39 is 59.0 Å². The van der Waals surface area contributed by atoms with Gasteiger partial charge in [0.25, 0.3) is 11.8 Å². The number of nitrogens with one attached hydrogen (secondary N) is 4. The molecule has 1 aromatic rings. The van der Waals surface area contributed by atoms with Crippen LogP contribution >= 0.6 is 0 Å². The minimum absolute atomic E-state index is 0.0132. The largest absolute Gasteiger partial charge is 0.347 e. The molecule has 1 aliphatic heterocycles. The highest BCUT2D eigenvalue weighted by Crippen LogP contribution is 2.43. The smallest absolute Gasteiger partial charge is 0.289 e. The van der Waals surface area contributed by atoms with E-state index in [4.69, 9.17) is 0 Å². The van der Waals surface area contributed by atoms with E-state index in [9.17, 15) is 28.8 Å². The molecule has 49 heavy (non-hydrogen) atoms. The lowest BCUT2D eigenvalue weighted by atomic mass is 9.82. The highest BCUT2D eigenvalue weighted by atomic mass is 16.2. The number of carbonyl (C=O) groups is 6. The van der Waals surface area contributed by atoms with Gasteiger partial charge in [0, 0.05) is 25.0 Å². The lowest BCUT2D eigenvalue weighted by molar-refractivity contribution is -0.146. The Labute approximate surface area is 288 Å². The molecule has 0 spiro atoms. The third-order valence-electron chi connectivity index (χ3n) is 10.7. The molecular weight excluding hydrogens is 626 g/mol. The van der Waals surface area contributed by atoms with Crippen LogP contribution in [0.25, 0.3) is 0 Å². The number of nitrogens with zero attached hydrogens (tertiary/aromatic N) is 3. The van der Waals surface area contributed by atoms with Gasteiger partial charge >= 0.3 is 0 Å². The van der Waals surface area contributed by atoms with Crippen LogP contribution in [-0.4, -0.2) is 86.9 Å². The summed E-state index contributed by atoms with van der Waals surface area (Å²) in [5.74, 6) is -3.20. The summed E-state index contributed by atoms with van der Waals surface area (Å²) < 4.78 is 0. The van der Waals surface area contributed by atoms with E-state index in [2.05, 4.69) is 31.2 Å². The fourth-order valence-electron chi connectivity index (χ4n) is 7.87. The number of likely N-dealkylation sites (tertiary alicyclic amines) is 1. The normalized spacial score (nSPS) is 24.2. The molecule has 0 aromatic carbocycles. The number of rotatable bonds is 13. The predicted octanol–water partition coefficient (Wildman–Crippen LogP) is 2.45. The van der Waals surface area contributed by atoms with Crippen LogP contribution in [0.2, 0.25) is 0 Å². The molecule has 4 N–H and O–H groups in total. The van der Waals surface area contributed by atoms with Crippen molar-refractivity contribution in [3.05, 3.63) is 24.3 Å². The number of hydrogen-bond acceptors (Lipinski definition) is 8. The van der Waals surface area contributed by atoms with E-state index in [1.165, 1.54) is 18.6 Å². The standard InChI is InChI=1S/C36H53N7O6/c1-5-10-25(29(44)34(48)39-23-15-16-23)40-33(47)28-24-14-9-13-22(24)20-43(28)35(49)30(36(2,3)4)42-32(46)27(21-11-7-6-8-12-21)41-31(45)26-19-37-17-18-38-26/h17-19,21-25,27-28,30H,5-16,20H2,1-4H3,(H,39,48)(H,40,47)(H,41,45)(H,42,46)/t22-,24+,25-,27+,28-,30-/m0/s1. The highest BCUT2D eigenvalue weighted by Gasteiger charge is 2.52. The van der Waals surface area contributed by atoms with Crippen molar-refractivity contribution in [3.63, 3.8) is 0 Å². The fraction of sp³-hybridized carbons (Fsp3) is 0.722. The van der Waals surface area contributed by atoms with Gasteiger partial charge in [0.05, 0.1) is 12.2 Å². The summed E-state index contributed by atoms with van der Waals surface area (Å²) in [6.07, 6.45) is 13.9. The van der Waals surface area contributed by atoms with Crippen molar-refractivity contribution >= 4 is 35.3 Å². The zero-order valence-corrected chi connectivity index (χ0v) is 29.3. The molecule has 4 aliphatic rings. The summed E-state index contributed by atoms with van der Waals surface area (Å²) in [5.41, 5.74) is -0.638. The average Bonchev–Trinajstić information content (AvgIpc) is 3.65. The average molecular weight is 680 g/mol. The summed E-state index contributed by atoms with van der Waals surface area (Å²) in [4.78, 5) is 91.4. The molecule has 6 atom stereocenters. The van der Waals surface area contributed by atoms with E-state index >= 15 is 0 Å². The van der Waals surface area contributed by atoms with Gasteiger partial charge in [0.1, 0.15) is 23.8 Å². The molecule has 1 aromatic heterocycles. The zero-order valence-electron chi connectivity index (χ0n) is 29.3. The number of Topliss-reactive ketones (excluding diaryl/α,β-unsaturated/α-hetero) is 1. The molecule has 1 saturated heterocycles. The summed E-state index contributed by atoms with van der Waals surface area (Å²) in [7, 11) is 0. The molecule has 0 radical (unpaired) electrons. The Kier molecular flexibility index (Phi) is 11.7. The zero-order chi connectivity index (χ0) is 35.3. The lowest BCUT2D eigenvalue weighted by Gasteiger charge is -2.38. The van der Waals surface area contributed by atoms with E-state index in [0.717, 1.165) is 64.2 Å². The second kappa shape index (κ2) is 15.8. The minimum atomic E-state index is -0.994. The molecule has 5 amide bonds. The van der Waals surface area contributed by atoms with Gasteiger partial charge in [-0.2, -0.15) is 0 Å². The Bertz CT molecular complexity index is 1390. The van der Waals surface area contributed by atoms with E-state index in [-0.39, 0.29) is 35.4 Å². The third kappa shape index (κ3) is 8.83. The summed E-state index contributed by atoms with van der Waals surface area (Å²) in [6.45, 7) is 7.85. The number of hydrogen-bond donors (Lipinski definition) is 4.